The third kappa shape index (κ3) is 4.24. The first kappa shape index (κ1) is 19.0. The number of anilines is 1. The van der Waals surface area contributed by atoms with Crippen molar-refractivity contribution in [3.63, 3.8) is 0 Å². The summed E-state index contributed by atoms with van der Waals surface area (Å²) in [7, 11) is -3.03. The smallest absolute Gasteiger partial charge is 0.248 e. The fourth-order valence-corrected chi connectivity index (χ4v) is 8.36. The van der Waals surface area contributed by atoms with E-state index in [1.54, 1.807) is 0 Å². The number of thioether (sulfide) groups is 1. The van der Waals surface area contributed by atoms with Crippen molar-refractivity contribution in [3.05, 3.63) is 29.8 Å². The lowest BCUT2D eigenvalue weighted by Gasteiger charge is -2.24. The summed E-state index contributed by atoms with van der Waals surface area (Å²) in [5.41, 5.74) is 2.03. The first-order chi connectivity index (χ1) is 12.9. The summed E-state index contributed by atoms with van der Waals surface area (Å²) in [6.45, 7) is 2.01. The molecule has 0 aromatic heterocycles. The van der Waals surface area contributed by atoms with Crippen LogP contribution in [0.3, 0.4) is 0 Å². The number of hydrogen-bond donors (Lipinski definition) is 0. The van der Waals surface area contributed by atoms with Crippen molar-refractivity contribution in [3.8, 4) is 0 Å². The summed E-state index contributed by atoms with van der Waals surface area (Å²) in [5, 5.41) is 0.624. The highest BCUT2D eigenvalue weighted by atomic mass is 32.2. The topological polar surface area (TPSA) is 66.8 Å². The van der Waals surface area contributed by atoms with Gasteiger partial charge >= 0.3 is 0 Å². The van der Waals surface area contributed by atoms with Crippen molar-refractivity contribution in [2.45, 2.75) is 56.7 Å². The number of fused-ring (bicyclic) bond motifs is 1. The van der Waals surface area contributed by atoms with Crippen LogP contribution in [-0.2, 0) is 14.6 Å². The quantitative estimate of drug-likeness (QED) is 0.765. The molecular formula is C20H26N2O3S2. The Morgan fingerprint density at radius 3 is 2.78 bits per heavy atom. The van der Waals surface area contributed by atoms with Crippen LogP contribution in [0.15, 0.2) is 29.3 Å². The van der Waals surface area contributed by atoms with Gasteiger partial charge in [0.2, 0.25) is 5.91 Å². The predicted octanol–water partition coefficient (Wildman–Crippen LogP) is 3.57. The largest absolute Gasteiger partial charge is 0.316 e. The first-order valence-electron chi connectivity index (χ1n) is 9.76. The van der Waals surface area contributed by atoms with Gasteiger partial charge in [0.1, 0.15) is 0 Å². The van der Waals surface area contributed by atoms with Gasteiger partial charge in [0.25, 0.3) is 0 Å². The molecule has 2 aliphatic heterocycles. The molecule has 3 aliphatic rings. The van der Waals surface area contributed by atoms with Gasteiger partial charge in [0, 0.05) is 17.4 Å². The summed E-state index contributed by atoms with van der Waals surface area (Å²) in [5.74, 6) is 0.890. The second-order valence-corrected chi connectivity index (χ2v) is 11.3. The van der Waals surface area contributed by atoms with Crippen LogP contribution in [0.25, 0.3) is 0 Å². The molecule has 2 atom stereocenters. The minimum atomic E-state index is -3.03. The van der Waals surface area contributed by atoms with Crippen LogP contribution in [-0.4, -0.2) is 42.3 Å². The second kappa shape index (κ2) is 7.59. The lowest BCUT2D eigenvalue weighted by molar-refractivity contribution is -0.118. The fraction of sp³-hybridized carbons (Fsp3) is 0.600. The molecule has 146 valence electrons. The molecule has 3 fully saturated rings. The average molecular weight is 407 g/mol. The third-order valence-electron chi connectivity index (χ3n) is 5.81. The molecule has 1 aromatic carbocycles. The molecule has 1 saturated carbocycles. The highest BCUT2D eigenvalue weighted by Gasteiger charge is 2.49. The maximum absolute atomic E-state index is 12.5. The Labute approximate surface area is 165 Å². The number of amides is 1. The van der Waals surface area contributed by atoms with Crippen molar-refractivity contribution >= 4 is 38.4 Å². The van der Waals surface area contributed by atoms with Gasteiger partial charge in [-0.3, -0.25) is 4.79 Å². The molecule has 2 heterocycles. The van der Waals surface area contributed by atoms with E-state index >= 15 is 0 Å². The zero-order valence-corrected chi connectivity index (χ0v) is 17.3. The van der Waals surface area contributed by atoms with Crippen molar-refractivity contribution < 1.29 is 13.2 Å². The minimum Gasteiger partial charge on any atom is -0.316 e. The Hall–Kier alpha value is -1.34. The number of carbonyl (C=O) groups excluding carboxylic acids is 1. The van der Waals surface area contributed by atoms with Gasteiger partial charge in [-0.15, -0.1) is 0 Å². The van der Waals surface area contributed by atoms with Crippen LogP contribution >= 0.6 is 11.8 Å². The zero-order chi connectivity index (χ0) is 19.0. The van der Waals surface area contributed by atoms with Crippen molar-refractivity contribution in [2.75, 3.05) is 16.4 Å². The molecule has 0 spiro atoms. The number of amidine groups is 1. The molecule has 27 heavy (non-hydrogen) atoms. The highest BCUT2D eigenvalue weighted by Crippen LogP contribution is 2.41. The Morgan fingerprint density at radius 2 is 2.04 bits per heavy atom. The van der Waals surface area contributed by atoms with Gasteiger partial charge in [0.15, 0.2) is 15.0 Å². The van der Waals surface area contributed by atoms with E-state index in [1.165, 1.54) is 37.4 Å². The standard InChI is InChI=1S/C20H26N2O3S2/c1-14-5-4-8-16(11-14)22-17-12-27(24,25)13-18(17)26-20(22)21-19(23)10-9-15-6-2-3-7-15/h4-5,8,11,15,17-18H,2-3,6-7,9-10,12-13H2,1H3/t17-,18-/m1/s1. The molecule has 0 unspecified atom stereocenters. The molecule has 1 amide bonds. The number of carbonyl (C=O) groups is 1. The van der Waals surface area contributed by atoms with E-state index in [2.05, 4.69) is 4.99 Å². The fourth-order valence-electron chi connectivity index (χ4n) is 4.43. The van der Waals surface area contributed by atoms with E-state index in [1.807, 2.05) is 36.1 Å². The van der Waals surface area contributed by atoms with E-state index in [-0.39, 0.29) is 28.7 Å². The maximum Gasteiger partial charge on any atom is 0.248 e. The van der Waals surface area contributed by atoms with Crippen molar-refractivity contribution in [1.29, 1.82) is 0 Å². The summed E-state index contributed by atoms with van der Waals surface area (Å²) in [4.78, 5) is 18.9. The Balaban J connectivity index is 1.55. The highest BCUT2D eigenvalue weighted by molar-refractivity contribution is 8.16. The Bertz CT molecular complexity index is 860. The number of nitrogens with zero attached hydrogens (tertiary/aromatic N) is 2. The van der Waals surface area contributed by atoms with E-state index < -0.39 is 9.84 Å². The molecule has 0 N–H and O–H groups in total. The van der Waals surface area contributed by atoms with Crippen LogP contribution in [0.5, 0.6) is 0 Å². The van der Waals surface area contributed by atoms with Crippen LogP contribution in [0.2, 0.25) is 0 Å². The van der Waals surface area contributed by atoms with Gasteiger partial charge < -0.3 is 4.90 Å². The lowest BCUT2D eigenvalue weighted by Crippen LogP contribution is -2.37. The van der Waals surface area contributed by atoms with E-state index in [4.69, 9.17) is 0 Å². The first-order valence-corrected chi connectivity index (χ1v) is 12.5. The number of aliphatic imine (C=N–C) groups is 1. The van der Waals surface area contributed by atoms with Crippen molar-refractivity contribution in [2.24, 2.45) is 10.9 Å². The van der Waals surface area contributed by atoms with Crippen LogP contribution in [0.1, 0.15) is 44.1 Å². The number of hydrogen-bond acceptors (Lipinski definition) is 4. The maximum atomic E-state index is 12.5. The lowest BCUT2D eigenvalue weighted by atomic mass is 10.0. The number of aryl methyl sites for hydroxylation is 1. The normalized spacial score (nSPS) is 28.8. The molecule has 1 aromatic rings. The number of sulfone groups is 1. The average Bonchev–Trinajstić information content (AvgIpc) is 3.27. The molecule has 5 nitrogen and oxygen atoms in total. The summed E-state index contributed by atoms with van der Waals surface area (Å²) in [6, 6.07) is 7.85. The van der Waals surface area contributed by atoms with Crippen LogP contribution in [0.4, 0.5) is 5.69 Å². The Morgan fingerprint density at radius 1 is 1.26 bits per heavy atom. The number of rotatable bonds is 4. The van der Waals surface area contributed by atoms with Crippen LogP contribution in [0, 0.1) is 12.8 Å². The molecule has 0 radical (unpaired) electrons. The van der Waals surface area contributed by atoms with Gasteiger partial charge in [-0.2, -0.15) is 4.99 Å². The summed E-state index contributed by atoms with van der Waals surface area (Å²) in [6.07, 6.45) is 6.44. The monoisotopic (exact) mass is 406 g/mol. The van der Waals surface area contributed by atoms with Crippen LogP contribution < -0.4 is 4.90 Å². The molecule has 1 aliphatic carbocycles. The van der Waals surface area contributed by atoms with Gasteiger partial charge in [-0.25, -0.2) is 8.42 Å². The molecule has 2 saturated heterocycles. The summed E-state index contributed by atoms with van der Waals surface area (Å²) < 4.78 is 24.2. The van der Waals surface area contributed by atoms with Crippen molar-refractivity contribution in [1.82, 2.24) is 0 Å². The second-order valence-electron chi connectivity index (χ2n) is 7.99. The molecular weight excluding hydrogens is 380 g/mol. The van der Waals surface area contributed by atoms with E-state index in [0.29, 0.717) is 17.5 Å². The zero-order valence-electron chi connectivity index (χ0n) is 15.6. The van der Waals surface area contributed by atoms with Gasteiger partial charge in [0.05, 0.1) is 17.5 Å². The SMILES string of the molecule is Cc1cccc(N2C(=NC(=O)CCC3CCCC3)S[C@@H]3CS(=O)(=O)C[C@H]32)c1. The third-order valence-corrected chi connectivity index (χ3v) is 9.02. The van der Waals surface area contributed by atoms with E-state index in [0.717, 1.165) is 17.7 Å². The van der Waals surface area contributed by atoms with E-state index in [9.17, 15) is 13.2 Å². The summed E-state index contributed by atoms with van der Waals surface area (Å²) >= 11 is 1.45. The Kier molecular flexibility index (Phi) is 5.34. The molecule has 0 bridgehead atoms. The molecule has 7 heteroatoms. The van der Waals surface area contributed by atoms with Gasteiger partial charge in [-0.05, 0) is 37.0 Å². The van der Waals surface area contributed by atoms with Gasteiger partial charge in [-0.1, -0.05) is 49.6 Å². The molecule has 4 rings (SSSR count). The predicted molar refractivity (Wildman–Crippen MR) is 111 cm³/mol. The minimum absolute atomic E-state index is 0.0445. The number of benzene rings is 1.